The Kier molecular flexibility index (Phi) is 5.23. The Balaban J connectivity index is 1.41. The van der Waals surface area contributed by atoms with Gasteiger partial charge in [0, 0.05) is 24.7 Å². The second-order valence-electron chi connectivity index (χ2n) is 7.68. The fourth-order valence-corrected chi connectivity index (χ4v) is 4.30. The molecule has 4 rings (SSSR count). The smallest absolute Gasteiger partial charge is 0.229 e. The highest BCUT2D eigenvalue weighted by Crippen LogP contribution is 2.29. The van der Waals surface area contributed by atoms with E-state index in [1.54, 1.807) is 0 Å². The number of rotatable bonds is 4. The van der Waals surface area contributed by atoms with Crippen LogP contribution in [0.4, 0.5) is 5.69 Å². The van der Waals surface area contributed by atoms with Crippen LogP contribution >= 0.6 is 0 Å². The van der Waals surface area contributed by atoms with Crippen molar-refractivity contribution >= 4 is 17.5 Å². The van der Waals surface area contributed by atoms with Crippen LogP contribution < -0.4 is 5.32 Å². The summed E-state index contributed by atoms with van der Waals surface area (Å²) in [5, 5.41) is 3.02. The fourth-order valence-electron chi connectivity index (χ4n) is 4.30. The van der Waals surface area contributed by atoms with Gasteiger partial charge in [0.2, 0.25) is 11.8 Å². The van der Waals surface area contributed by atoms with Crippen molar-refractivity contribution in [2.75, 3.05) is 11.9 Å². The van der Waals surface area contributed by atoms with E-state index in [0.717, 1.165) is 29.7 Å². The van der Waals surface area contributed by atoms with Crippen LogP contribution in [0.25, 0.3) is 11.1 Å². The average Bonchev–Trinajstić information content (AvgIpc) is 3.11. The minimum atomic E-state index is -0.250. The summed E-state index contributed by atoms with van der Waals surface area (Å²) in [5.41, 5.74) is 2.97. The van der Waals surface area contributed by atoms with Crippen molar-refractivity contribution in [3.63, 3.8) is 0 Å². The van der Waals surface area contributed by atoms with Crippen LogP contribution in [0.15, 0.2) is 54.6 Å². The minimum Gasteiger partial charge on any atom is -0.339 e. The maximum absolute atomic E-state index is 12.7. The topological polar surface area (TPSA) is 49.4 Å². The molecule has 1 atom stereocenters. The Morgan fingerprint density at radius 1 is 0.926 bits per heavy atom. The largest absolute Gasteiger partial charge is 0.339 e. The normalized spacial score (nSPS) is 20.7. The number of anilines is 1. The number of hydrogen-bond acceptors (Lipinski definition) is 2. The van der Waals surface area contributed by atoms with E-state index >= 15 is 0 Å². The molecule has 1 N–H and O–H groups in total. The van der Waals surface area contributed by atoms with Crippen LogP contribution in [-0.2, 0) is 9.59 Å². The average molecular weight is 362 g/mol. The summed E-state index contributed by atoms with van der Waals surface area (Å²) in [4.78, 5) is 27.1. The van der Waals surface area contributed by atoms with Gasteiger partial charge in [0.1, 0.15) is 0 Å². The third kappa shape index (κ3) is 4.05. The molecule has 1 heterocycles. The highest BCUT2D eigenvalue weighted by molar-refractivity contribution is 5.97. The van der Waals surface area contributed by atoms with Gasteiger partial charge in [0.15, 0.2) is 0 Å². The van der Waals surface area contributed by atoms with E-state index in [2.05, 4.69) is 17.4 Å². The summed E-state index contributed by atoms with van der Waals surface area (Å²) in [6.45, 7) is 0.563. The van der Waals surface area contributed by atoms with Gasteiger partial charge in [-0.05, 0) is 36.1 Å². The molecule has 4 heteroatoms. The van der Waals surface area contributed by atoms with Crippen LogP contribution in [0, 0.1) is 5.92 Å². The molecule has 2 aromatic rings. The number of nitrogens with zero attached hydrogens (tertiary/aromatic N) is 1. The lowest BCUT2D eigenvalue weighted by molar-refractivity contribution is -0.130. The standard InChI is InChI=1S/C23H26N2O2/c26-22-15-19(16-25(22)21-12-5-2-6-13-21)23(27)24-20-11-7-10-18(14-20)17-8-3-1-4-9-17/h1,3-4,7-11,14,19,21H,2,5-6,12-13,15-16H2,(H,24,27). The molecule has 0 spiro atoms. The van der Waals surface area contributed by atoms with Gasteiger partial charge in [-0.15, -0.1) is 0 Å². The van der Waals surface area contributed by atoms with E-state index in [1.807, 2.05) is 47.4 Å². The highest BCUT2D eigenvalue weighted by Gasteiger charge is 2.38. The SMILES string of the molecule is O=C(Nc1cccc(-c2ccccc2)c1)C1CC(=O)N(C2CCCCC2)C1. The van der Waals surface area contributed by atoms with Crippen molar-refractivity contribution < 1.29 is 9.59 Å². The molecule has 4 nitrogen and oxygen atoms in total. The van der Waals surface area contributed by atoms with Crippen molar-refractivity contribution in [2.24, 2.45) is 5.92 Å². The Labute approximate surface area is 160 Å². The van der Waals surface area contributed by atoms with Crippen LogP contribution in [0.2, 0.25) is 0 Å². The molecule has 2 fully saturated rings. The molecule has 1 aliphatic heterocycles. The van der Waals surface area contributed by atoms with Gasteiger partial charge >= 0.3 is 0 Å². The molecule has 0 radical (unpaired) electrons. The Morgan fingerprint density at radius 3 is 2.44 bits per heavy atom. The Hall–Kier alpha value is -2.62. The third-order valence-corrected chi connectivity index (χ3v) is 5.78. The Bertz CT molecular complexity index is 812. The molecule has 2 amide bonds. The van der Waals surface area contributed by atoms with Crippen molar-refractivity contribution in [2.45, 2.75) is 44.6 Å². The zero-order valence-electron chi connectivity index (χ0n) is 15.6. The first-order chi connectivity index (χ1) is 13.2. The lowest BCUT2D eigenvalue weighted by atomic mass is 9.94. The molecule has 1 saturated heterocycles. The van der Waals surface area contributed by atoms with Gasteiger partial charge in [0.25, 0.3) is 0 Å². The number of nitrogens with one attached hydrogen (secondary N) is 1. The molecule has 1 aliphatic carbocycles. The van der Waals surface area contributed by atoms with Gasteiger partial charge in [-0.1, -0.05) is 61.7 Å². The van der Waals surface area contributed by atoms with E-state index in [0.29, 0.717) is 19.0 Å². The van der Waals surface area contributed by atoms with Crippen molar-refractivity contribution in [1.82, 2.24) is 4.90 Å². The first-order valence-corrected chi connectivity index (χ1v) is 9.96. The quantitative estimate of drug-likeness (QED) is 0.872. The first kappa shape index (κ1) is 17.8. The summed E-state index contributed by atoms with van der Waals surface area (Å²) < 4.78 is 0. The second kappa shape index (κ2) is 7.95. The van der Waals surface area contributed by atoms with E-state index in [4.69, 9.17) is 0 Å². The lowest BCUT2D eigenvalue weighted by Crippen LogP contribution is -2.38. The fraction of sp³-hybridized carbons (Fsp3) is 0.391. The number of carbonyl (C=O) groups excluding carboxylic acids is 2. The van der Waals surface area contributed by atoms with Gasteiger partial charge in [-0.3, -0.25) is 9.59 Å². The minimum absolute atomic E-state index is 0.0492. The van der Waals surface area contributed by atoms with Crippen LogP contribution in [0.3, 0.4) is 0 Å². The molecular formula is C23H26N2O2. The van der Waals surface area contributed by atoms with E-state index < -0.39 is 0 Å². The summed E-state index contributed by atoms with van der Waals surface area (Å²) in [5.74, 6) is -0.160. The summed E-state index contributed by atoms with van der Waals surface area (Å²) in [6.07, 6.45) is 6.15. The maximum Gasteiger partial charge on any atom is 0.229 e. The zero-order valence-corrected chi connectivity index (χ0v) is 15.6. The van der Waals surface area contributed by atoms with Crippen LogP contribution in [0.1, 0.15) is 38.5 Å². The van der Waals surface area contributed by atoms with E-state index in [-0.39, 0.29) is 17.7 Å². The second-order valence-corrected chi connectivity index (χ2v) is 7.68. The molecule has 1 saturated carbocycles. The summed E-state index contributed by atoms with van der Waals surface area (Å²) in [7, 11) is 0. The van der Waals surface area contributed by atoms with Gasteiger partial charge in [-0.25, -0.2) is 0 Å². The first-order valence-electron chi connectivity index (χ1n) is 9.96. The molecule has 1 unspecified atom stereocenters. The predicted molar refractivity (Wildman–Crippen MR) is 107 cm³/mol. The number of carbonyl (C=O) groups is 2. The van der Waals surface area contributed by atoms with Crippen molar-refractivity contribution in [1.29, 1.82) is 0 Å². The van der Waals surface area contributed by atoms with Gasteiger partial charge in [0.05, 0.1) is 5.92 Å². The number of likely N-dealkylation sites (tertiary alicyclic amines) is 1. The number of amides is 2. The molecule has 2 aromatic carbocycles. The summed E-state index contributed by atoms with van der Waals surface area (Å²) >= 11 is 0. The van der Waals surface area contributed by atoms with Crippen molar-refractivity contribution in [3.05, 3.63) is 54.6 Å². The molecule has 2 aliphatic rings. The number of hydrogen-bond donors (Lipinski definition) is 1. The maximum atomic E-state index is 12.7. The van der Waals surface area contributed by atoms with Gasteiger partial charge < -0.3 is 10.2 Å². The van der Waals surface area contributed by atoms with E-state index in [1.165, 1.54) is 19.3 Å². The lowest BCUT2D eigenvalue weighted by Gasteiger charge is -2.31. The van der Waals surface area contributed by atoms with Crippen molar-refractivity contribution in [3.8, 4) is 11.1 Å². The summed E-state index contributed by atoms with van der Waals surface area (Å²) in [6, 6.07) is 18.3. The molecule has 140 valence electrons. The van der Waals surface area contributed by atoms with Crippen LogP contribution in [0.5, 0.6) is 0 Å². The molecule has 27 heavy (non-hydrogen) atoms. The number of benzene rings is 2. The van der Waals surface area contributed by atoms with Crippen LogP contribution in [-0.4, -0.2) is 29.3 Å². The van der Waals surface area contributed by atoms with Gasteiger partial charge in [-0.2, -0.15) is 0 Å². The third-order valence-electron chi connectivity index (χ3n) is 5.78. The molecule has 0 bridgehead atoms. The highest BCUT2D eigenvalue weighted by atomic mass is 16.2. The Morgan fingerprint density at radius 2 is 1.67 bits per heavy atom. The predicted octanol–water partition coefficient (Wildman–Crippen LogP) is 4.47. The van der Waals surface area contributed by atoms with E-state index in [9.17, 15) is 9.59 Å². The monoisotopic (exact) mass is 362 g/mol. The zero-order chi connectivity index (χ0) is 18.6. The molecular weight excluding hydrogens is 336 g/mol. The molecule has 0 aromatic heterocycles.